The minimum absolute atomic E-state index is 0.226. The SMILES string of the molecule is COCCCN1CCC[C@@]2(CCN(c3ncnc(C)c3C)C2)C1=O. The van der Waals surface area contributed by atoms with Gasteiger partial charge in [0.2, 0.25) is 5.91 Å². The Balaban J connectivity index is 1.72. The molecule has 3 heterocycles. The van der Waals surface area contributed by atoms with Crippen molar-refractivity contribution >= 4 is 11.7 Å². The molecule has 1 aromatic heterocycles. The Bertz CT molecular complexity index is 607. The first-order valence-electron chi connectivity index (χ1n) is 8.89. The number of carbonyl (C=O) groups is 1. The Morgan fingerprint density at radius 1 is 1.25 bits per heavy atom. The Kier molecular flexibility index (Phi) is 5.04. The zero-order valence-electron chi connectivity index (χ0n) is 15.0. The number of methoxy groups -OCH3 is 1. The number of hydrogen-bond acceptors (Lipinski definition) is 5. The van der Waals surface area contributed by atoms with Crippen LogP contribution in [0.5, 0.6) is 0 Å². The molecule has 1 spiro atoms. The van der Waals surface area contributed by atoms with Gasteiger partial charge in [-0.2, -0.15) is 0 Å². The van der Waals surface area contributed by atoms with Crippen molar-refractivity contribution in [2.75, 3.05) is 44.8 Å². The summed E-state index contributed by atoms with van der Waals surface area (Å²) in [5.41, 5.74) is 1.91. The lowest BCUT2D eigenvalue weighted by Crippen LogP contribution is -2.50. The van der Waals surface area contributed by atoms with Crippen LogP contribution in [0.25, 0.3) is 0 Å². The highest BCUT2D eigenvalue weighted by Gasteiger charge is 2.48. The molecule has 0 bridgehead atoms. The zero-order chi connectivity index (χ0) is 17.2. The van der Waals surface area contributed by atoms with Crippen LogP contribution in [-0.2, 0) is 9.53 Å². The van der Waals surface area contributed by atoms with Gasteiger partial charge in [0, 0.05) is 51.2 Å². The number of likely N-dealkylation sites (tertiary alicyclic amines) is 1. The molecule has 2 aliphatic rings. The number of nitrogens with zero attached hydrogens (tertiary/aromatic N) is 4. The van der Waals surface area contributed by atoms with E-state index in [1.54, 1.807) is 13.4 Å². The maximum absolute atomic E-state index is 13.1. The van der Waals surface area contributed by atoms with Crippen LogP contribution in [0.15, 0.2) is 6.33 Å². The molecule has 2 fully saturated rings. The van der Waals surface area contributed by atoms with E-state index in [9.17, 15) is 4.79 Å². The Morgan fingerprint density at radius 2 is 2.08 bits per heavy atom. The van der Waals surface area contributed by atoms with E-state index < -0.39 is 0 Å². The summed E-state index contributed by atoms with van der Waals surface area (Å²) in [6.07, 6.45) is 5.55. The maximum atomic E-state index is 13.1. The molecule has 2 aliphatic heterocycles. The summed E-state index contributed by atoms with van der Waals surface area (Å²) in [6, 6.07) is 0. The molecule has 132 valence electrons. The fourth-order valence-electron chi connectivity index (χ4n) is 4.04. The van der Waals surface area contributed by atoms with Crippen molar-refractivity contribution in [2.24, 2.45) is 5.41 Å². The molecule has 0 N–H and O–H groups in total. The first kappa shape index (κ1) is 17.1. The second-order valence-electron chi connectivity index (χ2n) is 7.10. The van der Waals surface area contributed by atoms with Gasteiger partial charge in [-0.15, -0.1) is 0 Å². The number of aromatic nitrogens is 2. The molecule has 6 heteroatoms. The number of anilines is 1. The molecular weight excluding hydrogens is 304 g/mol. The fourth-order valence-corrected chi connectivity index (χ4v) is 4.04. The van der Waals surface area contributed by atoms with Crippen LogP contribution in [0, 0.1) is 19.3 Å². The van der Waals surface area contributed by atoms with Gasteiger partial charge in [0.1, 0.15) is 12.1 Å². The zero-order valence-corrected chi connectivity index (χ0v) is 15.0. The van der Waals surface area contributed by atoms with E-state index in [1.807, 2.05) is 11.8 Å². The number of carbonyl (C=O) groups excluding carboxylic acids is 1. The third-order valence-electron chi connectivity index (χ3n) is 5.56. The maximum Gasteiger partial charge on any atom is 0.230 e. The summed E-state index contributed by atoms with van der Waals surface area (Å²) in [5, 5.41) is 0. The molecule has 0 aliphatic carbocycles. The van der Waals surface area contributed by atoms with Crippen molar-refractivity contribution in [1.82, 2.24) is 14.9 Å². The van der Waals surface area contributed by atoms with Gasteiger partial charge in [-0.25, -0.2) is 9.97 Å². The molecule has 3 rings (SSSR count). The number of piperidine rings is 1. The lowest BCUT2D eigenvalue weighted by Gasteiger charge is -2.39. The number of hydrogen-bond donors (Lipinski definition) is 0. The second kappa shape index (κ2) is 7.05. The molecule has 1 aromatic rings. The second-order valence-corrected chi connectivity index (χ2v) is 7.10. The van der Waals surface area contributed by atoms with E-state index in [1.165, 1.54) is 0 Å². The van der Waals surface area contributed by atoms with Crippen LogP contribution in [0.2, 0.25) is 0 Å². The lowest BCUT2D eigenvalue weighted by molar-refractivity contribution is -0.145. The molecule has 1 amide bonds. The average molecular weight is 332 g/mol. The number of rotatable bonds is 5. The fraction of sp³-hybridized carbons (Fsp3) is 0.722. The summed E-state index contributed by atoms with van der Waals surface area (Å²) in [6.45, 7) is 8.15. The summed E-state index contributed by atoms with van der Waals surface area (Å²) >= 11 is 0. The Hall–Kier alpha value is -1.69. The van der Waals surface area contributed by atoms with Crippen LogP contribution in [-0.4, -0.2) is 60.7 Å². The Labute approximate surface area is 144 Å². The van der Waals surface area contributed by atoms with Crippen LogP contribution in [0.3, 0.4) is 0 Å². The van der Waals surface area contributed by atoms with Gasteiger partial charge >= 0.3 is 0 Å². The van der Waals surface area contributed by atoms with Gasteiger partial charge in [0.25, 0.3) is 0 Å². The summed E-state index contributed by atoms with van der Waals surface area (Å²) in [7, 11) is 1.71. The molecule has 0 aromatic carbocycles. The third-order valence-corrected chi connectivity index (χ3v) is 5.56. The van der Waals surface area contributed by atoms with Crippen LogP contribution < -0.4 is 4.90 Å². The molecule has 0 radical (unpaired) electrons. The van der Waals surface area contributed by atoms with Gasteiger partial charge in [-0.3, -0.25) is 4.79 Å². The Morgan fingerprint density at radius 3 is 2.88 bits per heavy atom. The van der Waals surface area contributed by atoms with Gasteiger partial charge in [-0.05, 0) is 39.5 Å². The van der Waals surface area contributed by atoms with Crippen LogP contribution in [0.1, 0.15) is 36.9 Å². The van der Waals surface area contributed by atoms with Gasteiger partial charge < -0.3 is 14.5 Å². The topological polar surface area (TPSA) is 58.6 Å². The first-order chi connectivity index (χ1) is 11.6. The molecule has 0 saturated carbocycles. The minimum Gasteiger partial charge on any atom is -0.385 e. The van der Waals surface area contributed by atoms with E-state index in [2.05, 4.69) is 21.8 Å². The van der Waals surface area contributed by atoms with E-state index in [-0.39, 0.29) is 5.41 Å². The van der Waals surface area contributed by atoms with Crippen molar-refractivity contribution in [3.63, 3.8) is 0 Å². The monoisotopic (exact) mass is 332 g/mol. The van der Waals surface area contributed by atoms with Crippen molar-refractivity contribution in [1.29, 1.82) is 0 Å². The predicted octanol–water partition coefficient (Wildman–Crippen LogP) is 1.95. The van der Waals surface area contributed by atoms with E-state index >= 15 is 0 Å². The van der Waals surface area contributed by atoms with Gasteiger partial charge in [-0.1, -0.05) is 0 Å². The molecular formula is C18H28N4O2. The highest BCUT2D eigenvalue weighted by Crippen LogP contribution is 2.41. The number of aryl methyl sites for hydroxylation is 1. The lowest BCUT2D eigenvalue weighted by atomic mass is 9.78. The molecule has 2 saturated heterocycles. The normalized spacial score (nSPS) is 24.2. The molecule has 6 nitrogen and oxygen atoms in total. The highest BCUT2D eigenvalue weighted by molar-refractivity contribution is 5.85. The van der Waals surface area contributed by atoms with Crippen molar-refractivity contribution in [3.05, 3.63) is 17.6 Å². The first-order valence-corrected chi connectivity index (χ1v) is 8.89. The van der Waals surface area contributed by atoms with Crippen LogP contribution >= 0.6 is 0 Å². The number of amides is 1. The smallest absolute Gasteiger partial charge is 0.230 e. The van der Waals surface area contributed by atoms with Crippen LogP contribution in [0.4, 0.5) is 5.82 Å². The van der Waals surface area contributed by atoms with Gasteiger partial charge in [0.15, 0.2) is 0 Å². The van der Waals surface area contributed by atoms with E-state index in [0.717, 1.165) is 68.9 Å². The standard InChI is InChI=1S/C18H28N4O2/c1-14-15(2)19-13-20-16(14)22-10-7-18(12-22)6-4-8-21(17(18)23)9-5-11-24-3/h13H,4-12H2,1-3H3/t18-/m0/s1. The van der Waals surface area contributed by atoms with E-state index in [0.29, 0.717) is 12.5 Å². The van der Waals surface area contributed by atoms with Crippen molar-refractivity contribution in [2.45, 2.75) is 39.5 Å². The molecule has 24 heavy (non-hydrogen) atoms. The summed E-state index contributed by atoms with van der Waals surface area (Å²) in [4.78, 5) is 26.2. The largest absolute Gasteiger partial charge is 0.385 e. The minimum atomic E-state index is -0.226. The van der Waals surface area contributed by atoms with Crippen molar-refractivity contribution < 1.29 is 9.53 Å². The number of ether oxygens (including phenoxy) is 1. The third kappa shape index (κ3) is 3.11. The highest BCUT2D eigenvalue weighted by atomic mass is 16.5. The van der Waals surface area contributed by atoms with Crippen molar-refractivity contribution in [3.8, 4) is 0 Å². The quantitative estimate of drug-likeness (QED) is 0.771. The average Bonchev–Trinajstić information content (AvgIpc) is 2.99. The predicted molar refractivity (Wildman–Crippen MR) is 93.1 cm³/mol. The summed E-state index contributed by atoms with van der Waals surface area (Å²) in [5.74, 6) is 1.32. The summed E-state index contributed by atoms with van der Waals surface area (Å²) < 4.78 is 5.12. The van der Waals surface area contributed by atoms with Gasteiger partial charge in [0.05, 0.1) is 5.41 Å². The van der Waals surface area contributed by atoms with E-state index in [4.69, 9.17) is 4.74 Å². The molecule has 1 atom stereocenters. The molecule has 0 unspecified atom stereocenters.